The van der Waals surface area contributed by atoms with Crippen molar-refractivity contribution in [1.82, 2.24) is 4.98 Å². The van der Waals surface area contributed by atoms with Crippen LogP contribution >= 0.6 is 11.6 Å². The van der Waals surface area contributed by atoms with Crippen molar-refractivity contribution in [2.24, 2.45) is 0 Å². The first-order valence-electron chi connectivity index (χ1n) is 6.86. The minimum Gasteiger partial charge on any atom is -0.236 e. The number of benzene rings is 3. The molecule has 0 aliphatic carbocycles. The Bertz CT molecular complexity index is 945. The van der Waals surface area contributed by atoms with E-state index in [9.17, 15) is 0 Å². The van der Waals surface area contributed by atoms with Crippen molar-refractivity contribution in [3.8, 4) is 11.1 Å². The largest absolute Gasteiger partial charge is 0.236 e. The maximum absolute atomic E-state index is 6.21. The van der Waals surface area contributed by atoms with Crippen LogP contribution in [0.1, 0.15) is 0 Å². The first-order valence-corrected chi connectivity index (χ1v) is 7.23. The monoisotopic (exact) mass is 289 g/mol. The molecule has 1 heterocycles. The topological polar surface area (TPSA) is 12.9 Å². The van der Waals surface area contributed by atoms with Gasteiger partial charge in [-0.25, -0.2) is 4.98 Å². The fourth-order valence-electron chi connectivity index (χ4n) is 2.74. The number of halogens is 1. The normalized spacial score (nSPS) is 11.1. The van der Waals surface area contributed by atoms with Gasteiger partial charge in [-0.2, -0.15) is 0 Å². The van der Waals surface area contributed by atoms with Crippen LogP contribution in [0, 0.1) is 0 Å². The zero-order valence-corrected chi connectivity index (χ0v) is 12.0. The molecule has 0 amide bonds. The van der Waals surface area contributed by atoms with Crippen molar-refractivity contribution in [2.75, 3.05) is 0 Å². The third-order valence-corrected chi connectivity index (χ3v) is 3.92. The predicted octanol–water partition coefficient (Wildman–Crippen LogP) is 5.71. The minimum atomic E-state index is 0.525. The molecule has 0 unspecified atom stereocenters. The molecule has 0 radical (unpaired) electrons. The molecule has 0 fully saturated rings. The quantitative estimate of drug-likeness (QED) is 0.323. The van der Waals surface area contributed by atoms with Crippen molar-refractivity contribution in [2.45, 2.75) is 0 Å². The van der Waals surface area contributed by atoms with Gasteiger partial charge in [0.1, 0.15) is 5.15 Å². The Morgan fingerprint density at radius 1 is 0.714 bits per heavy atom. The van der Waals surface area contributed by atoms with Gasteiger partial charge >= 0.3 is 0 Å². The van der Waals surface area contributed by atoms with Gasteiger partial charge in [-0.3, -0.25) is 0 Å². The predicted molar refractivity (Wildman–Crippen MR) is 89.7 cm³/mol. The molecule has 3 aromatic carbocycles. The van der Waals surface area contributed by atoms with E-state index in [4.69, 9.17) is 11.6 Å². The summed E-state index contributed by atoms with van der Waals surface area (Å²) in [5.74, 6) is 0. The third kappa shape index (κ3) is 2.16. The van der Waals surface area contributed by atoms with E-state index in [1.54, 1.807) is 0 Å². The summed E-state index contributed by atoms with van der Waals surface area (Å²) in [6, 6.07) is 24.8. The molecule has 1 nitrogen and oxygen atoms in total. The molecule has 21 heavy (non-hydrogen) atoms. The molecular formula is C19H12ClN. The van der Waals surface area contributed by atoms with Gasteiger partial charge < -0.3 is 0 Å². The highest BCUT2D eigenvalue weighted by atomic mass is 35.5. The molecule has 100 valence electrons. The summed E-state index contributed by atoms with van der Waals surface area (Å²) in [5.41, 5.74) is 3.21. The van der Waals surface area contributed by atoms with Gasteiger partial charge in [-0.15, -0.1) is 0 Å². The van der Waals surface area contributed by atoms with Crippen molar-refractivity contribution in [3.05, 3.63) is 77.9 Å². The van der Waals surface area contributed by atoms with Gasteiger partial charge in [0.2, 0.25) is 0 Å². The Morgan fingerprint density at radius 3 is 2.14 bits per heavy atom. The highest BCUT2D eigenvalue weighted by Gasteiger charge is 2.08. The van der Waals surface area contributed by atoms with Gasteiger partial charge in [0.15, 0.2) is 0 Å². The zero-order chi connectivity index (χ0) is 14.2. The average molecular weight is 290 g/mol. The summed E-state index contributed by atoms with van der Waals surface area (Å²) < 4.78 is 0. The zero-order valence-electron chi connectivity index (χ0n) is 11.3. The molecule has 0 aliphatic rings. The average Bonchev–Trinajstić information content (AvgIpc) is 2.53. The lowest BCUT2D eigenvalue weighted by Crippen LogP contribution is -1.87. The lowest BCUT2D eigenvalue weighted by atomic mass is 9.99. The Labute approximate surface area is 127 Å². The molecule has 0 spiro atoms. The van der Waals surface area contributed by atoms with Crippen molar-refractivity contribution >= 4 is 33.3 Å². The Morgan fingerprint density at radius 2 is 1.38 bits per heavy atom. The number of aromatic nitrogens is 1. The fraction of sp³-hybridized carbons (Fsp3) is 0. The Hall–Kier alpha value is -2.38. The van der Waals surface area contributed by atoms with Crippen LogP contribution in [0.2, 0.25) is 5.15 Å². The summed E-state index contributed by atoms with van der Waals surface area (Å²) in [7, 11) is 0. The second-order valence-electron chi connectivity index (χ2n) is 5.08. The van der Waals surface area contributed by atoms with Gasteiger partial charge in [0.25, 0.3) is 0 Å². The molecule has 0 bridgehead atoms. The highest BCUT2D eigenvalue weighted by molar-refractivity contribution is 6.30. The van der Waals surface area contributed by atoms with Crippen molar-refractivity contribution < 1.29 is 0 Å². The molecule has 0 saturated carbocycles. The van der Waals surface area contributed by atoms with E-state index in [1.165, 1.54) is 10.8 Å². The van der Waals surface area contributed by atoms with E-state index in [0.29, 0.717) is 5.15 Å². The summed E-state index contributed by atoms with van der Waals surface area (Å²) >= 11 is 6.21. The maximum atomic E-state index is 6.21. The van der Waals surface area contributed by atoms with Gasteiger partial charge in [0, 0.05) is 5.39 Å². The lowest BCUT2D eigenvalue weighted by Gasteiger charge is -2.09. The van der Waals surface area contributed by atoms with Crippen LogP contribution < -0.4 is 0 Å². The summed E-state index contributed by atoms with van der Waals surface area (Å²) in [6.45, 7) is 0. The first kappa shape index (κ1) is 12.4. The fourth-order valence-corrected chi connectivity index (χ4v) is 2.94. The van der Waals surface area contributed by atoms with Crippen LogP contribution in [0.4, 0.5) is 0 Å². The molecule has 2 heteroatoms. The number of nitrogens with zero attached hydrogens (tertiary/aromatic N) is 1. The summed E-state index contributed by atoms with van der Waals surface area (Å²) in [4.78, 5) is 4.48. The molecule has 4 aromatic rings. The maximum Gasteiger partial charge on any atom is 0.130 e. The van der Waals surface area contributed by atoms with Crippen LogP contribution in [-0.4, -0.2) is 4.98 Å². The molecule has 0 N–H and O–H groups in total. The lowest BCUT2D eigenvalue weighted by molar-refractivity contribution is 1.41. The van der Waals surface area contributed by atoms with Crippen LogP contribution in [-0.2, 0) is 0 Å². The van der Waals surface area contributed by atoms with E-state index in [2.05, 4.69) is 47.4 Å². The van der Waals surface area contributed by atoms with Gasteiger partial charge in [-0.05, 0) is 40.1 Å². The summed E-state index contributed by atoms with van der Waals surface area (Å²) in [6.07, 6.45) is 0. The molecule has 1 aromatic heterocycles. The molecule has 0 saturated heterocycles. The Kier molecular flexibility index (Phi) is 2.87. The molecule has 0 aliphatic heterocycles. The van der Waals surface area contributed by atoms with Crippen LogP contribution in [0.3, 0.4) is 0 Å². The van der Waals surface area contributed by atoms with E-state index < -0.39 is 0 Å². The highest BCUT2D eigenvalue weighted by Crippen LogP contribution is 2.32. The number of rotatable bonds is 1. The second kappa shape index (κ2) is 4.87. The van der Waals surface area contributed by atoms with E-state index in [1.807, 2.05) is 30.3 Å². The molecular weight excluding hydrogens is 278 g/mol. The van der Waals surface area contributed by atoms with Gasteiger partial charge in [0.05, 0.1) is 5.52 Å². The standard InChI is InChI=1S/C19H12ClN/c20-19-12-16(13-6-2-1-3-7-13)17-10-14-8-4-5-9-15(14)11-18(17)21-19/h1-12H. The van der Waals surface area contributed by atoms with Crippen LogP contribution in [0.5, 0.6) is 0 Å². The van der Waals surface area contributed by atoms with Crippen LogP contribution in [0.25, 0.3) is 32.8 Å². The second-order valence-corrected chi connectivity index (χ2v) is 5.46. The number of pyridine rings is 1. The SMILES string of the molecule is Clc1cc(-c2ccccc2)c2cc3ccccc3cc2n1. The number of hydrogen-bond donors (Lipinski definition) is 0. The molecule has 0 atom stereocenters. The number of hydrogen-bond acceptors (Lipinski definition) is 1. The van der Waals surface area contributed by atoms with E-state index in [0.717, 1.165) is 22.0 Å². The van der Waals surface area contributed by atoms with Crippen molar-refractivity contribution in [1.29, 1.82) is 0 Å². The number of fused-ring (bicyclic) bond motifs is 2. The molecule has 4 rings (SSSR count). The Balaban J connectivity index is 2.12. The summed E-state index contributed by atoms with van der Waals surface area (Å²) in [5, 5.41) is 4.05. The van der Waals surface area contributed by atoms with E-state index >= 15 is 0 Å². The smallest absolute Gasteiger partial charge is 0.130 e. The van der Waals surface area contributed by atoms with Crippen molar-refractivity contribution in [3.63, 3.8) is 0 Å². The third-order valence-electron chi connectivity index (χ3n) is 3.73. The van der Waals surface area contributed by atoms with Crippen LogP contribution in [0.15, 0.2) is 72.8 Å². The first-order chi connectivity index (χ1) is 10.3. The minimum absolute atomic E-state index is 0.525. The van der Waals surface area contributed by atoms with Gasteiger partial charge in [-0.1, -0.05) is 66.2 Å². The van der Waals surface area contributed by atoms with E-state index in [-0.39, 0.29) is 0 Å².